The molecule has 0 atom stereocenters. The fourth-order valence-corrected chi connectivity index (χ4v) is 3.47. The van der Waals surface area contributed by atoms with Crippen LogP contribution in [0.25, 0.3) is 16.9 Å². The van der Waals surface area contributed by atoms with Crippen molar-refractivity contribution in [1.82, 2.24) is 19.4 Å². The molecular formula is C18H21N7O. The SMILES string of the molecule is NC(=O)c1cn2cc(-c3ccncc3)nc(N(N)C3CCCCC3)c2n1. The quantitative estimate of drug-likeness (QED) is 0.548. The lowest BCUT2D eigenvalue weighted by Gasteiger charge is -2.31. The molecule has 4 rings (SSSR count). The van der Waals surface area contributed by atoms with Gasteiger partial charge in [-0.1, -0.05) is 19.3 Å². The van der Waals surface area contributed by atoms with E-state index in [2.05, 4.69) is 9.97 Å². The Balaban J connectivity index is 1.86. The van der Waals surface area contributed by atoms with Gasteiger partial charge in [0.1, 0.15) is 5.69 Å². The Morgan fingerprint density at radius 2 is 1.85 bits per heavy atom. The molecule has 0 spiro atoms. The number of amides is 1. The summed E-state index contributed by atoms with van der Waals surface area (Å²) >= 11 is 0. The maximum atomic E-state index is 11.6. The summed E-state index contributed by atoms with van der Waals surface area (Å²) in [5.41, 5.74) is 7.77. The fourth-order valence-electron chi connectivity index (χ4n) is 3.47. The lowest BCUT2D eigenvalue weighted by molar-refractivity contribution is 0.0996. The molecule has 1 aliphatic rings. The minimum Gasteiger partial charge on any atom is -0.364 e. The number of hydrogen-bond acceptors (Lipinski definition) is 6. The van der Waals surface area contributed by atoms with Gasteiger partial charge in [0.25, 0.3) is 5.91 Å². The normalized spacial score (nSPS) is 15.3. The highest BCUT2D eigenvalue weighted by atomic mass is 16.1. The van der Waals surface area contributed by atoms with Gasteiger partial charge in [0.15, 0.2) is 11.5 Å². The molecule has 1 fully saturated rings. The van der Waals surface area contributed by atoms with E-state index in [9.17, 15) is 4.79 Å². The third-order valence-corrected chi connectivity index (χ3v) is 4.86. The molecule has 8 heteroatoms. The van der Waals surface area contributed by atoms with E-state index in [-0.39, 0.29) is 11.7 Å². The summed E-state index contributed by atoms with van der Waals surface area (Å²) < 4.78 is 1.76. The van der Waals surface area contributed by atoms with Gasteiger partial charge in [0.2, 0.25) is 0 Å². The molecule has 0 saturated heterocycles. The molecule has 0 radical (unpaired) electrons. The first-order valence-electron chi connectivity index (χ1n) is 8.77. The molecule has 3 aromatic rings. The van der Waals surface area contributed by atoms with Crippen molar-refractivity contribution in [2.75, 3.05) is 5.01 Å². The first kappa shape index (κ1) is 16.5. The summed E-state index contributed by atoms with van der Waals surface area (Å²) in [5.74, 6) is 6.43. The monoisotopic (exact) mass is 351 g/mol. The first-order chi connectivity index (χ1) is 12.6. The summed E-state index contributed by atoms with van der Waals surface area (Å²) in [6.07, 6.45) is 12.4. The van der Waals surface area contributed by atoms with E-state index in [1.807, 2.05) is 18.3 Å². The lowest BCUT2D eigenvalue weighted by atomic mass is 9.95. The third kappa shape index (κ3) is 2.99. The maximum absolute atomic E-state index is 11.6. The van der Waals surface area contributed by atoms with Gasteiger partial charge < -0.3 is 10.1 Å². The van der Waals surface area contributed by atoms with Crippen molar-refractivity contribution in [1.29, 1.82) is 0 Å². The van der Waals surface area contributed by atoms with Crippen LogP contribution in [-0.2, 0) is 0 Å². The molecule has 0 bridgehead atoms. The molecular weight excluding hydrogens is 330 g/mol. The molecule has 4 N–H and O–H groups in total. The molecule has 8 nitrogen and oxygen atoms in total. The van der Waals surface area contributed by atoms with Crippen LogP contribution < -0.4 is 16.6 Å². The van der Waals surface area contributed by atoms with Crippen LogP contribution in [0, 0.1) is 0 Å². The summed E-state index contributed by atoms with van der Waals surface area (Å²) in [4.78, 5) is 24.7. The third-order valence-electron chi connectivity index (χ3n) is 4.86. The predicted molar refractivity (Wildman–Crippen MR) is 98.3 cm³/mol. The Morgan fingerprint density at radius 3 is 2.54 bits per heavy atom. The number of imidazole rings is 1. The van der Waals surface area contributed by atoms with E-state index < -0.39 is 5.91 Å². The maximum Gasteiger partial charge on any atom is 0.268 e. The molecule has 3 aromatic heterocycles. The van der Waals surface area contributed by atoms with E-state index in [4.69, 9.17) is 16.6 Å². The van der Waals surface area contributed by atoms with Crippen LogP contribution in [0.3, 0.4) is 0 Å². The Kier molecular flexibility index (Phi) is 4.26. The zero-order chi connectivity index (χ0) is 18.1. The minimum atomic E-state index is -0.577. The first-order valence-corrected chi connectivity index (χ1v) is 8.77. The second kappa shape index (κ2) is 6.72. The van der Waals surface area contributed by atoms with E-state index in [0.717, 1.165) is 36.9 Å². The largest absolute Gasteiger partial charge is 0.364 e. The second-order valence-corrected chi connectivity index (χ2v) is 6.61. The molecule has 0 aromatic carbocycles. The molecule has 3 heterocycles. The lowest BCUT2D eigenvalue weighted by Crippen LogP contribution is -2.43. The number of hydrazine groups is 1. The van der Waals surface area contributed by atoms with Crippen molar-refractivity contribution in [2.24, 2.45) is 11.6 Å². The van der Waals surface area contributed by atoms with Gasteiger partial charge in [-0.3, -0.25) is 14.8 Å². The van der Waals surface area contributed by atoms with E-state index in [0.29, 0.717) is 11.5 Å². The minimum absolute atomic E-state index is 0.192. The zero-order valence-electron chi connectivity index (χ0n) is 14.4. The van der Waals surface area contributed by atoms with Crippen molar-refractivity contribution >= 4 is 17.4 Å². The number of nitrogens with zero attached hydrogens (tertiary/aromatic N) is 5. The molecule has 1 aliphatic carbocycles. The van der Waals surface area contributed by atoms with Crippen molar-refractivity contribution in [2.45, 2.75) is 38.1 Å². The van der Waals surface area contributed by atoms with Gasteiger partial charge in [0.05, 0.1) is 5.69 Å². The van der Waals surface area contributed by atoms with E-state index in [1.54, 1.807) is 28.0 Å². The van der Waals surface area contributed by atoms with Gasteiger partial charge in [-0.2, -0.15) is 0 Å². The van der Waals surface area contributed by atoms with Crippen molar-refractivity contribution < 1.29 is 4.79 Å². The van der Waals surface area contributed by atoms with Crippen molar-refractivity contribution in [3.05, 3.63) is 42.6 Å². The van der Waals surface area contributed by atoms with Gasteiger partial charge in [0, 0.05) is 36.4 Å². The van der Waals surface area contributed by atoms with Crippen LogP contribution in [0.1, 0.15) is 42.6 Å². The van der Waals surface area contributed by atoms with Crippen LogP contribution in [0.5, 0.6) is 0 Å². The average molecular weight is 351 g/mol. The number of carbonyl (C=O) groups is 1. The Morgan fingerprint density at radius 1 is 1.12 bits per heavy atom. The second-order valence-electron chi connectivity index (χ2n) is 6.61. The van der Waals surface area contributed by atoms with Crippen LogP contribution in [0.15, 0.2) is 36.9 Å². The number of aromatic nitrogens is 4. The van der Waals surface area contributed by atoms with E-state index in [1.165, 1.54) is 6.42 Å². The van der Waals surface area contributed by atoms with Crippen molar-refractivity contribution in [3.8, 4) is 11.3 Å². The van der Waals surface area contributed by atoms with Gasteiger partial charge in [-0.15, -0.1) is 0 Å². The molecule has 26 heavy (non-hydrogen) atoms. The highest BCUT2D eigenvalue weighted by molar-refractivity contribution is 5.92. The number of rotatable bonds is 4. The molecule has 1 saturated carbocycles. The van der Waals surface area contributed by atoms with Gasteiger partial charge in [-0.05, 0) is 25.0 Å². The number of carbonyl (C=O) groups excluding carboxylic acids is 1. The van der Waals surface area contributed by atoms with Gasteiger partial charge >= 0.3 is 0 Å². The standard InChI is InChI=1S/C18H21N7O/c19-16(26)15-11-24-10-14(12-6-8-21-9-7-12)22-18(17(24)23-15)25(20)13-4-2-1-3-5-13/h6-11,13H,1-5,20H2,(H2,19,26). The van der Waals surface area contributed by atoms with E-state index >= 15 is 0 Å². The molecule has 134 valence electrons. The highest BCUT2D eigenvalue weighted by Gasteiger charge is 2.24. The number of primary amides is 1. The van der Waals surface area contributed by atoms with Crippen molar-refractivity contribution in [3.63, 3.8) is 0 Å². The number of nitrogens with two attached hydrogens (primary N) is 2. The zero-order valence-corrected chi connectivity index (χ0v) is 14.4. The number of pyridine rings is 1. The summed E-state index contributed by atoms with van der Waals surface area (Å²) in [5, 5.41) is 1.71. The Hall–Kier alpha value is -3.00. The number of anilines is 1. The number of hydrogen-bond donors (Lipinski definition) is 2. The van der Waals surface area contributed by atoms with Crippen LogP contribution >= 0.6 is 0 Å². The molecule has 0 aliphatic heterocycles. The predicted octanol–water partition coefficient (Wildman–Crippen LogP) is 1.90. The number of fused-ring (bicyclic) bond motifs is 1. The molecule has 0 unspecified atom stereocenters. The summed E-state index contributed by atoms with van der Waals surface area (Å²) in [6, 6.07) is 3.97. The molecule has 1 amide bonds. The highest BCUT2D eigenvalue weighted by Crippen LogP contribution is 2.28. The topological polar surface area (TPSA) is 115 Å². The van der Waals surface area contributed by atoms with Crippen LogP contribution in [0.2, 0.25) is 0 Å². The van der Waals surface area contributed by atoms with Gasteiger partial charge in [-0.25, -0.2) is 15.8 Å². The fraction of sp³-hybridized carbons (Fsp3) is 0.333. The van der Waals surface area contributed by atoms with Crippen LogP contribution in [-0.4, -0.2) is 31.3 Å². The summed E-state index contributed by atoms with van der Waals surface area (Å²) in [7, 11) is 0. The summed E-state index contributed by atoms with van der Waals surface area (Å²) in [6.45, 7) is 0. The Labute approximate surface area is 150 Å². The average Bonchev–Trinajstić information content (AvgIpc) is 3.12. The Bertz CT molecular complexity index is 931. The van der Waals surface area contributed by atoms with Crippen LogP contribution in [0.4, 0.5) is 5.82 Å². The smallest absolute Gasteiger partial charge is 0.268 e.